The molecule has 18 unspecified atom stereocenters. The van der Waals surface area contributed by atoms with Crippen molar-refractivity contribution in [3.63, 3.8) is 0 Å². The molecule has 0 radical (unpaired) electrons. The molecule has 2 aliphatic heterocycles. The van der Waals surface area contributed by atoms with Gasteiger partial charge in [-0.1, -0.05) is 60.1 Å². The average Bonchev–Trinajstić information content (AvgIpc) is 3.12. The molecule has 18 atom stereocenters. The molecule has 0 aromatic carbocycles. The van der Waals surface area contributed by atoms with Gasteiger partial charge in [0.15, 0.2) is 18.7 Å². The van der Waals surface area contributed by atoms with Crippen LogP contribution in [0.5, 0.6) is 0 Å². The number of hydrogen-bond donors (Lipinski definition) is 7. The van der Waals surface area contributed by atoms with E-state index in [9.17, 15) is 45.3 Å². The number of carbonyl (C=O) groups excluding carboxylic acids is 1. The van der Waals surface area contributed by atoms with E-state index >= 15 is 0 Å². The highest BCUT2D eigenvalue weighted by Gasteiger charge is 2.70. The van der Waals surface area contributed by atoms with E-state index in [4.69, 9.17) is 23.7 Å². The number of hydrogen-bond acceptors (Lipinski definition) is 13. The van der Waals surface area contributed by atoms with Gasteiger partial charge in [0.1, 0.15) is 36.6 Å². The van der Waals surface area contributed by atoms with Gasteiger partial charge < -0.3 is 59.4 Å². The number of aliphatic hydroxyl groups excluding tert-OH is 6. The minimum atomic E-state index is -1.89. The van der Waals surface area contributed by atoms with Crippen molar-refractivity contribution in [1.29, 1.82) is 0 Å². The molecule has 5 aliphatic carbocycles. The average molecular weight is 795 g/mol. The molecule has 7 N–H and O–H groups in total. The highest BCUT2D eigenvalue weighted by molar-refractivity contribution is 5.79. The molecule has 14 nitrogen and oxygen atoms in total. The molecule has 0 aromatic heterocycles. The van der Waals surface area contributed by atoms with Crippen LogP contribution in [-0.2, 0) is 33.3 Å². The van der Waals surface area contributed by atoms with Gasteiger partial charge in [0.2, 0.25) is 0 Å². The number of esters is 1. The summed E-state index contributed by atoms with van der Waals surface area (Å²) >= 11 is 0. The van der Waals surface area contributed by atoms with Crippen LogP contribution in [0.4, 0.5) is 0 Å². The van der Waals surface area contributed by atoms with E-state index in [1.165, 1.54) is 12.7 Å². The van der Waals surface area contributed by atoms with E-state index in [2.05, 4.69) is 54.5 Å². The Morgan fingerprint density at radius 3 is 2.14 bits per heavy atom. The summed E-state index contributed by atoms with van der Waals surface area (Å²) in [7, 11) is 1.46. The Balaban J connectivity index is 1.16. The second kappa shape index (κ2) is 14.2. The van der Waals surface area contributed by atoms with Crippen LogP contribution in [0.15, 0.2) is 11.6 Å². The number of fused-ring (bicyclic) bond motifs is 7. The minimum absolute atomic E-state index is 0.0152. The van der Waals surface area contributed by atoms with Crippen LogP contribution in [0.2, 0.25) is 0 Å². The molecule has 6 fully saturated rings. The third-order valence-corrected chi connectivity index (χ3v) is 17.2. The van der Waals surface area contributed by atoms with Gasteiger partial charge in [0.25, 0.3) is 0 Å². The van der Waals surface area contributed by atoms with Crippen molar-refractivity contribution in [1.82, 2.24) is 0 Å². The number of carboxylic acid groups (broad SMARTS) is 1. The molecular formula is C42H66O14. The fourth-order valence-corrected chi connectivity index (χ4v) is 13.5. The van der Waals surface area contributed by atoms with Gasteiger partial charge in [-0.15, -0.1) is 0 Å². The maximum absolute atomic E-state index is 13.7. The normalized spacial score (nSPS) is 52.3. The Bertz CT molecular complexity index is 1560. The Kier molecular flexibility index (Phi) is 10.8. The second-order valence-corrected chi connectivity index (χ2v) is 20.5. The van der Waals surface area contributed by atoms with Gasteiger partial charge in [-0.2, -0.15) is 0 Å². The number of carboxylic acids is 1. The van der Waals surface area contributed by atoms with E-state index in [0.717, 1.165) is 32.1 Å². The predicted molar refractivity (Wildman–Crippen MR) is 198 cm³/mol. The first kappa shape index (κ1) is 42.4. The summed E-state index contributed by atoms with van der Waals surface area (Å²) in [5.41, 5.74) is -0.554. The van der Waals surface area contributed by atoms with Gasteiger partial charge in [0.05, 0.1) is 31.3 Å². The summed E-state index contributed by atoms with van der Waals surface area (Å²) in [4.78, 5) is 25.8. The third-order valence-electron chi connectivity index (χ3n) is 17.2. The largest absolute Gasteiger partial charge is 0.479 e. The number of rotatable bonds is 6. The van der Waals surface area contributed by atoms with Crippen LogP contribution in [0.1, 0.15) is 106 Å². The van der Waals surface area contributed by atoms with Gasteiger partial charge in [-0.25, -0.2) is 4.79 Å². The molecule has 2 saturated heterocycles. The lowest BCUT2D eigenvalue weighted by molar-refractivity contribution is -0.366. The number of ether oxygens (including phenoxy) is 5. The number of aliphatic carboxylic acids is 1. The molecule has 0 spiro atoms. The van der Waals surface area contributed by atoms with E-state index < -0.39 is 84.3 Å². The van der Waals surface area contributed by atoms with E-state index in [-0.39, 0.29) is 46.1 Å². The molecule has 0 aromatic rings. The van der Waals surface area contributed by atoms with Gasteiger partial charge in [0, 0.05) is 0 Å². The van der Waals surface area contributed by atoms with Crippen molar-refractivity contribution in [3.05, 3.63) is 11.6 Å². The quantitative estimate of drug-likeness (QED) is 0.117. The van der Waals surface area contributed by atoms with Crippen molar-refractivity contribution < 1.29 is 69.0 Å². The van der Waals surface area contributed by atoms with E-state index in [1.54, 1.807) is 0 Å². The van der Waals surface area contributed by atoms with Crippen LogP contribution in [0.25, 0.3) is 0 Å². The lowest BCUT2D eigenvalue weighted by Gasteiger charge is -2.71. The van der Waals surface area contributed by atoms with Crippen LogP contribution < -0.4 is 0 Å². The zero-order valence-electron chi connectivity index (χ0n) is 34.2. The zero-order valence-corrected chi connectivity index (χ0v) is 34.2. The topological polar surface area (TPSA) is 222 Å². The highest BCUT2D eigenvalue weighted by atomic mass is 16.8. The third kappa shape index (κ3) is 6.09. The Hall–Kier alpha value is -1.72. The van der Waals surface area contributed by atoms with Gasteiger partial charge in [-0.05, 0) is 103 Å². The standard InChI is InChI=1S/C42H66O14/c1-37(2)17-21-20-9-10-24-39(5)13-12-26(54-35-32(29(47)28(46)31(55-35)33(49)50)56-34-30(48)27(45)22(43)19-53-34)38(3,4)23(39)11-14-41(24,7)40(20,6)15-16-42(21,18-25(37)44)36(51)52-8/h9,21-32,34-35,43-48H,10-19H2,1-8H3,(H,49,50). The number of methoxy groups -OCH3 is 1. The van der Waals surface area contributed by atoms with Crippen molar-refractivity contribution >= 4 is 11.9 Å². The Morgan fingerprint density at radius 1 is 0.786 bits per heavy atom. The van der Waals surface area contributed by atoms with Crippen LogP contribution in [-0.4, -0.2) is 129 Å². The van der Waals surface area contributed by atoms with Crippen molar-refractivity contribution in [2.75, 3.05) is 13.7 Å². The summed E-state index contributed by atoms with van der Waals surface area (Å²) in [5.74, 6) is -1.22. The molecule has 7 rings (SSSR count). The van der Waals surface area contributed by atoms with Gasteiger partial charge in [-0.3, -0.25) is 4.79 Å². The molecule has 56 heavy (non-hydrogen) atoms. The molecule has 4 saturated carbocycles. The molecule has 0 amide bonds. The molecule has 318 valence electrons. The molecule has 14 heteroatoms. The van der Waals surface area contributed by atoms with Gasteiger partial charge >= 0.3 is 11.9 Å². The second-order valence-electron chi connectivity index (χ2n) is 20.5. The number of allylic oxidation sites excluding steroid dienone is 2. The SMILES string of the molecule is COC(=O)C12CCC3(C)C(=CCC4C5(C)CCC(OC6OC(C(=O)O)C(O)C(O)C6OC6OCC(O)C(O)C6O)C(C)(C)C5CCC43C)C1CC(C)(C)C(O)C2. The monoisotopic (exact) mass is 794 g/mol. The Morgan fingerprint density at radius 2 is 1.48 bits per heavy atom. The zero-order chi connectivity index (χ0) is 41.1. The summed E-state index contributed by atoms with van der Waals surface area (Å²) < 4.78 is 29.3. The first-order valence-electron chi connectivity index (χ1n) is 20.7. The summed E-state index contributed by atoms with van der Waals surface area (Å²) in [5, 5.41) is 74.0. The van der Waals surface area contributed by atoms with Crippen molar-refractivity contribution in [2.24, 2.45) is 50.2 Å². The predicted octanol–water partition coefficient (Wildman–Crippen LogP) is 2.67. The Labute approximate surface area is 329 Å². The maximum Gasteiger partial charge on any atom is 0.335 e. The minimum Gasteiger partial charge on any atom is -0.479 e. The van der Waals surface area contributed by atoms with Crippen LogP contribution in [0.3, 0.4) is 0 Å². The summed E-state index contributed by atoms with van der Waals surface area (Å²) in [6.45, 7) is 15.5. The lowest BCUT2D eigenvalue weighted by Crippen LogP contribution is -2.67. The molecule has 2 heterocycles. The van der Waals surface area contributed by atoms with Crippen LogP contribution in [0, 0.1) is 50.2 Å². The lowest BCUT2D eigenvalue weighted by atomic mass is 9.33. The first-order chi connectivity index (χ1) is 26.0. The van der Waals surface area contributed by atoms with E-state index in [0.29, 0.717) is 31.6 Å². The van der Waals surface area contributed by atoms with E-state index in [1.807, 2.05) is 0 Å². The highest BCUT2D eigenvalue weighted by Crippen LogP contribution is 2.76. The fraction of sp³-hybridized carbons (Fsp3) is 0.905. The number of carbonyl (C=O) groups is 2. The smallest absolute Gasteiger partial charge is 0.335 e. The number of aliphatic hydroxyl groups is 6. The maximum atomic E-state index is 13.7. The molecular weight excluding hydrogens is 728 g/mol. The molecule has 7 aliphatic rings. The molecule has 0 bridgehead atoms. The van der Waals surface area contributed by atoms with Crippen molar-refractivity contribution in [3.8, 4) is 0 Å². The summed E-state index contributed by atoms with van der Waals surface area (Å²) in [6, 6.07) is 0. The van der Waals surface area contributed by atoms with Crippen molar-refractivity contribution in [2.45, 2.75) is 174 Å². The first-order valence-corrected chi connectivity index (χ1v) is 20.7. The summed E-state index contributed by atoms with van der Waals surface area (Å²) in [6.07, 6.45) is -6.58. The van der Waals surface area contributed by atoms with Crippen LogP contribution >= 0.6 is 0 Å². The fourth-order valence-electron chi connectivity index (χ4n) is 13.5.